The second-order valence-electron chi connectivity index (χ2n) is 7.00. The summed E-state index contributed by atoms with van der Waals surface area (Å²) < 4.78 is 1.59. The predicted octanol–water partition coefficient (Wildman–Crippen LogP) is 5.98. The molecular weight excluding hydrogens is 367 g/mol. The summed E-state index contributed by atoms with van der Waals surface area (Å²) in [5, 5.41) is 0. The molecule has 0 radical (unpaired) electrons. The van der Waals surface area contributed by atoms with Gasteiger partial charge in [0, 0.05) is 0 Å². The van der Waals surface area contributed by atoms with Gasteiger partial charge in [0.25, 0.3) is 0 Å². The van der Waals surface area contributed by atoms with Gasteiger partial charge in [0.2, 0.25) is 0 Å². The SMILES string of the molecule is [Zr][C]1=C(c2cccc3c2C(C2C=CCC2)c2ccccc2-3)C=CC1. The van der Waals surface area contributed by atoms with E-state index in [0.717, 1.165) is 6.42 Å². The maximum absolute atomic E-state index is 2.46. The van der Waals surface area contributed by atoms with Gasteiger partial charge in [-0.15, -0.1) is 0 Å². The molecule has 3 aliphatic rings. The first-order valence-corrected chi connectivity index (χ1v) is 10.1. The third kappa shape index (κ3) is 2.14. The minimum atomic E-state index is 0.524. The molecule has 0 fully saturated rings. The second-order valence-corrected chi connectivity index (χ2v) is 8.48. The van der Waals surface area contributed by atoms with Crippen LogP contribution in [-0.4, -0.2) is 0 Å². The van der Waals surface area contributed by atoms with Crippen LogP contribution in [0.3, 0.4) is 0 Å². The van der Waals surface area contributed by atoms with Crippen LogP contribution in [0.2, 0.25) is 0 Å². The third-order valence-electron chi connectivity index (χ3n) is 5.70. The molecule has 3 aliphatic carbocycles. The van der Waals surface area contributed by atoms with Gasteiger partial charge >= 0.3 is 159 Å². The van der Waals surface area contributed by atoms with Crippen molar-refractivity contribution in [2.75, 3.05) is 0 Å². The fourth-order valence-corrected chi connectivity index (χ4v) is 5.50. The van der Waals surface area contributed by atoms with Crippen LogP contribution in [0.1, 0.15) is 41.9 Å². The van der Waals surface area contributed by atoms with E-state index in [1.54, 1.807) is 33.6 Å². The van der Waals surface area contributed by atoms with Gasteiger partial charge in [-0.2, -0.15) is 0 Å². The quantitative estimate of drug-likeness (QED) is 0.557. The minimum absolute atomic E-state index is 0.524. The molecule has 2 aromatic rings. The maximum atomic E-state index is 2.46. The number of hydrogen-bond donors (Lipinski definition) is 0. The van der Waals surface area contributed by atoms with Crippen LogP contribution >= 0.6 is 0 Å². The van der Waals surface area contributed by atoms with Crippen LogP contribution < -0.4 is 0 Å². The fourth-order valence-electron chi connectivity index (χ4n) is 4.67. The molecule has 0 saturated heterocycles. The van der Waals surface area contributed by atoms with Crippen LogP contribution in [0.5, 0.6) is 0 Å². The van der Waals surface area contributed by atoms with Crippen LogP contribution in [0, 0.1) is 5.92 Å². The van der Waals surface area contributed by atoms with Crippen molar-refractivity contribution < 1.29 is 24.7 Å². The standard InChI is InChI=1S/C23H19.Zr/c1-2-9-16(8-1)18-14-7-15-21-19-12-5-6-13-20(19)22(23(18)21)17-10-3-4-11-17;/h1,3,5-8,10,12-15,17,22H,2,4,11H2;. The predicted molar refractivity (Wildman–Crippen MR) is 96.3 cm³/mol. The van der Waals surface area contributed by atoms with E-state index in [1.807, 2.05) is 0 Å². The van der Waals surface area contributed by atoms with Gasteiger partial charge in [-0.3, -0.25) is 0 Å². The van der Waals surface area contributed by atoms with Gasteiger partial charge in [0.15, 0.2) is 0 Å². The van der Waals surface area contributed by atoms with Crippen molar-refractivity contribution >= 4 is 5.57 Å². The molecule has 0 aromatic heterocycles. The molecular formula is C23H19Zr. The molecule has 0 nitrogen and oxygen atoms in total. The molecule has 24 heavy (non-hydrogen) atoms. The van der Waals surface area contributed by atoms with E-state index in [1.165, 1.54) is 40.7 Å². The molecule has 0 saturated carbocycles. The zero-order valence-corrected chi connectivity index (χ0v) is 16.1. The monoisotopic (exact) mass is 385 g/mol. The Labute approximate surface area is 158 Å². The van der Waals surface area contributed by atoms with Crippen LogP contribution in [-0.2, 0) is 24.7 Å². The molecule has 2 atom stereocenters. The summed E-state index contributed by atoms with van der Waals surface area (Å²) in [7, 11) is 0. The Morgan fingerprint density at radius 1 is 0.875 bits per heavy atom. The van der Waals surface area contributed by atoms with Crippen molar-refractivity contribution in [2.45, 2.75) is 25.2 Å². The van der Waals surface area contributed by atoms with Crippen molar-refractivity contribution in [3.8, 4) is 11.1 Å². The molecule has 115 valence electrons. The second kappa shape index (κ2) is 5.81. The number of hydrogen-bond acceptors (Lipinski definition) is 0. The number of allylic oxidation sites excluding steroid dienone is 6. The Morgan fingerprint density at radius 3 is 2.50 bits per heavy atom. The Hall–Kier alpha value is -1.46. The molecule has 2 aromatic carbocycles. The Kier molecular flexibility index (Phi) is 3.60. The van der Waals surface area contributed by atoms with E-state index in [0.29, 0.717) is 11.8 Å². The van der Waals surface area contributed by atoms with Crippen molar-refractivity contribution in [1.29, 1.82) is 0 Å². The normalized spacial score (nSPS) is 23.8. The van der Waals surface area contributed by atoms with Gasteiger partial charge in [0.1, 0.15) is 0 Å². The van der Waals surface area contributed by atoms with Crippen LogP contribution in [0.25, 0.3) is 16.7 Å². The fraction of sp³-hybridized carbons (Fsp3) is 0.217. The number of benzene rings is 2. The van der Waals surface area contributed by atoms with Crippen LogP contribution in [0.4, 0.5) is 0 Å². The van der Waals surface area contributed by atoms with Gasteiger partial charge in [0.05, 0.1) is 0 Å². The van der Waals surface area contributed by atoms with Crippen molar-refractivity contribution in [3.05, 3.63) is 86.7 Å². The summed E-state index contributed by atoms with van der Waals surface area (Å²) in [6.07, 6.45) is 13.2. The Balaban J connectivity index is 1.78. The molecule has 0 spiro atoms. The molecule has 0 amide bonds. The molecule has 0 N–H and O–H groups in total. The van der Waals surface area contributed by atoms with Crippen molar-refractivity contribution in [3.63, 3.8) is 0 Å². The number of rotatable bonds is 2. The van der Waals surface area contributed by atoms with Crippen molar-refractivity contribution in [1.82, 2.24) is 0 Å². The van der Waals surface area contributed by atoms with Gasteiger partial charge in [-0.25, -0.2) is 0 Å². The topological polar surface area (TPSA) is 0 Å². The molecule has 2 unspecified atom stereocenters. The first-order chi connectivity index (χ1) is 11.8. The summed E-state index contributed by atoms with van der Waals surface area (Å²) in [6.45, 7) is 0. The Bertz CT molecular complexity index is 913. The summed E-state index contributed by atoms with van der Waals surface area (Å²) >= 11 is 1.55. The third-order valence-corrected chi connectivity index (χ3v) is 6.87. The Morgan fingerprint density at radius 2 is 1.71 bits per heavy atom. The van der Waals surface area contributed by atoms with Crippen molar-refractivity contribution in [2.24, 2.45) is 5.92 Å². The van der Waals surface area contributed by atoms with E-state index >= 15 is 0 Å². The zero-order chi connectivity index (χ0) is 16.1. The molecule has 0 aliphatic heterocycles. The summed E-state index contributed by atoms with van der Waals surface area (Å²) in [5.41, 5.74) is 9.00. The summed E-state index contributed by atoms with van der Waals surface area (Å²) in [6, 6.07) is 16.0. The summed E-state index contributed by atoms with van der Waals surface area (Å²) in [5.74, 6) is 1.17. The van der Waals surface area contributed by atoms with Gasteiger partial charge in [-0.1, -0.05) is 0 Å². The zero-order valence-electron chi connectivity index (χ0n) is 13.6. The van der Waals surface area contributed by atoms with E-state index < -0.39 is 0 Å². The van der Waals surface area contributed by atoms with E-state index in [2.05, 4.69) is 66.8 Å². The van der Waals surface area contributed by atoms with E-state index in [4.69, 9.17) is 0 Å². The first-order valence-electron chi connectivity index (χ1n) is 8.85. The first kappa shape index (κ1) is 14.9. The van der Waals surface area contributed by atoms with Crippen LogP contribution in [0.15, 0.2) is 70.0 Å². The van der Waals surface area contributed by atoms with Gasteiger partial charge in [-0.05, 0) is 0 Å². The van der Waals surface area contributed by atoms with E-state index in [-0.39, 0.29) is 0 Å². The molecule has 1 heteroatoms. The molecule has 0 bridgehead atoms. The number of fused-ring (bicyclic) bond motifs is 3. The molecule has 5 rings (SSSR count). The molecule has 0 heterocycles. The average Bonchev–Trinajstić information content (AvgIpc) is 3.32. The summed E-state index contributed by atoms with van der Waals surface area (Å²) in [4.78, 5) is 0. The van der Waals surface area contributed by atoms with E-state index in [9.17, 15) is 0 Å². The van der Waals surface area contributed by atoms with Gasteiger partial charge < -0.3 is 0 Å². The average molecular weight is 387 g/mol.